The van der Waals surface area contributed by atoms with Crippen molar-refractivity contribution in [3.05, 3.63) is 54.1 Å². The second-order valence-electron chi connectivity index (χ2n) is 5.54. The monoisotopic (exact) mass is 355 g/mol. The number of carboxylic acids is 1. The molecule has 0 aliphatic carbocycles. The molecule has 6 heteroatoms. The van der Waals surface area contributed by atoms with Gasteiger partial charge < -0.3 is 19.2 Å². The molecule has 0 radical (unpaired) electrons. The number of benzene rings is 2. The first-order chi connectivity index (χ1) is 12.2. The zero-order chi connectivity index (χ0) is 17.6. The number of aliphatic carboxylic acids is 1. The van der Waals surface area contributed by atoms with Crippen molar-refractivity contribution in [3.63, 3.8) is 0 Å². The normalized spacial score (nSPS) is 10.9. The maximum Gasteiger partial charge on any atom is 0.169 e. The summed E-state index contributed by atoms with van der Waals surface area (Å²) >= 11 is 1.48. The van der Waals surface area contributed by atoms with Gasteiger partial charge in [-0.1, -0.05) is 43.0 Å². The Kier molecular flexibility index (Phi) is 5.60. The van der Waals surface area contributed by atoms with Crippen LogP contribution < -0.4 is 9.84 Å². The molecule has 0 saturated carbocycles. The van der Waals surface area contributed by atoms with Gasteiger partial charge in [0, 0.05) is 5.75 Å². The van der Waals surface area contributed by atoms with Crippen LogP contribution in [0.4, 0.5) is 0 Å². The third-order valence-corrected chi connectivity index (χ3v) is 4.76. The Balaban J connectivity index is 1.63. The highest BCUT2D eigenvalue weighted by molar-refractivity contribution is 7.99. The van der Waals surface area contributed by atoms with Crippen LogP contribution in [0.1, 0.15) is 12.5 Å². The van der Waals surface area contributed by atoms with E-state index in [0.29, 0.717) is 17.5 Å². The van der Waals surface area contributed by atoms with Crippen molar-refractivity contribution < 1.29 is 14.6 Å². The Morgan fingerprint density at radius 2 is 1.96 bits per heavy atom. The minimum absolute atomic E-state index is 0.206. The molecule has 0 N–H and O–H groups in total. The number of carbonyl (C=O) groups excluding carboxylic acids is 1. The van der Waals surface area contributed by atoms with Crippen molar-refractivity contribution in [2.45, 2.75) is 25.0 Å². The average Bonchev–Trinajstić information content (AvgIpc) is 2.96. The molecule has 0 bridgehead atoms. The van der Waals surface area contributed by atoms with E-state index in [1.54, 1.807) is 4.57 Å². The van der Waals surface area contributed by atoms with E-state index in [1.807, 2.05) is 36.4 Å². The number of rotatable bonds is 8. The van der Waals surface area contributed by atoms with E-state index in [4.69, 9.17) is 4.74 Å². The van der Waals surface area contributed by atoms with Crippen molar-refractivity contribution in [1.29, 1.82) is 0 Å². The van der Waals surface area contributed by atoms with E-state index in [0.717, 1.165) is 23.2 Å². The van der Waals surface area contributed by atoms with E-state index in [1.165, 1.54) is 17.3 Å². The number of nitrogens with zero attached hydrogens (tertiary/aromatic N) is 2. The molecule has 3 rings (SSSR count). The summed E-state index contributed by atoms with van der Waals surface area (Å²) in [4.78, 5) is 15.5. The topological polar surface area (TPSA) is 67.2 Å². The molecule has 130 valence electrons. The minimum Gasteiger partial charge on any atom is -0.548 e. The average molecular weight is 355 g/mol. The first-order valence-corrected chi connectivity index (χ1v) is 9.15. The van der Waals surface area contributed by atoms with Gasteiger partial charge >= 0.3 is 0 Å². The second-order valence-corrected chi connectivity index (χ2v) is 6.60. The molecule has 0 amide bonds. The van der Waals surface area contributed by atoms with Crippen LogP contribution in [-0.2, 0) is 17.8 Å². The summed E-state index contributed by atoms with van der Waals surface area (Å²) in [5, 5.41) is 11.7. The van der Waals surface area contributed by atoms with E-state index < -0.39 is 5.97 Å². The molecule has 5 nitrogen and oxygen atoms in total. The van der Waals surface area contributed by atoms with Gasteiger partial charge in [-0.05, 0) is 36.2 Å². The van der Waals surface area contributed by atoms with Gasteiger partial charge in [0.1, 0.15) is 5.75 Å². The SMILES string of the molecule is CCc1ccc(OCCSc2nc3ccccc3n2CC(=O)[O-])cc1. The van der Waals surface area contributed by atoms with E-state index in [2.05, 4.69) is 24.0 Å². The quantitative estimate of drug-likeness (QED) is 0.459. The van der Waals surface area contributed by atoms with Crippen LogP contribution in [0.5, 0.6) is 5.75 Å². The highest BCUT2D eigenvalue weighted by atomic mass is 32.2. The Morgan fingerprint density at radius 3 is 2.68 bits per heavy atom. The van der Waals surface area contributed by atoms with Crippen LogP contribution in [0, 0.1) is 0 Å². The summed E-state index contributed by atoms with van der Waals surface area (Å²) < 4.78 is 7.41. The van der Waals surface area contributed by atoms with Gasteiger partial charge in [-0.3, -0.25) is 0 Å². The molecule has 3 aromatic rings. The molecule has 0 saturated heterocycles. The lowest BCUT2D eigenvalue weighted by Gasteiger charge is -2.10. The maximum atomic E-state index is 11.0. The first kappa shape index (κ1) is 17.4. The third-order valence-electron chi connectivity index (χ3n) is 3.82. The summed E-state index contributed by atoms with van der Waals surface area (Å²) in [6, 6.07) is 15.5. The lowest BCUT2D eigenvalue weighted by atomic mass is 10.2. The molecule has 0 spiro atoms. The number of carbonyl (C=O) groups is 1. The largest absolute Gasteiger partial charge is 0.548 e. The van der Waals surface area contributed by atoms with Gasteiger partial charge in [-0.2, -0.15) is 0 Å². The number of para-hydroxylation sites is 2. The Labute approximate surface area is 150 Å². The number of hydrogen-bond donors (Lipinski definition) is 0. The Morgan fingerprint density at radius 1 is 1.20 bits per heavy atom. The lowest BCUT2D eigenvalue weighted by Crippen LogP contribution is -2.27. The first-order valence-electron chi connectivity index (χ1n) is 8.17. The van der Waals surface area contributed by atoms with Gasteiger partial charge in [0.15, 0.2) is 5.16 Å². The number of aryl methyl sites for hydroxylation is 1. The number of ether oxygens (including phenoxy) is 1. The number of aromatic nitrogens is 2. The van der Waals surface area contributed by atoms with E-state index in [9.17, 15) is 9.90 Å². The molecule has 2 aromatic carbocycles. The lowest BCUT2D eigenvalue weighted by molar-refractivity contribution is -0.306. The molecule has 0 atom stereocenters. The molecule has 0 aliphatic rings. The third kappa shape index (κ3) is 4.33. The van der Waals surface area contributed by atoms with Crippen LogP contribution in [0.15, 0.2) is 53.7 Å². The Bertz CT molecular complexity index is 859. The van der Waals surface area contributed by atoms with E-state index >= 15 is 0 Å². The number of imidazole rings is 1. The summed E-state index contributed by atoms with van der Waals surface area (Å²) in [6.07, 6.45) is 1.00. The molecule has 0 unspecified atom stereocenters. The van der Waals surface area contributed by atoms with Crippen LogP contribution in [0.3, 0.4) is 0 Å². The number of thioether (sulfide) groups is 1. The Hall–Kier alpha value is -2.47. The number of fused-ring (bicyclic) bond motifs is 1. The van der Waals surface area contributed by atoms with Crippen LogP contribution in [0.25, 0.3) is 11.0 Å². The van der Waals surface area contributed by atoms with Gasteiger partial charge in [0.2, 0.25) is 0 Å². The second kappa shape index (κ2) is 8.07. The predicted molar refractivity (Wildman–Crippen MR) is 96.8 cm³/mol. The fourth-order valence-corrected chi connectivity index (χ4v) is 3.39. The van der Waals surface area contributed by atoms with Crippen molar-refractivity contribution in [2.24, 2.45) is 0 Å². The van der Waals surface area contributed by atoms with Crippen LogP contribution in [-0.4, -0.2) is 27.9 Å². The molecule has 0 aliphatic heterocycles. The highest BCUT2D eigenvalue weighted by Crippen LogP contribution is 2.24. The highest BCUT2D eigenvalue weighted by Gasteiger charge is 2.11. The molecule has 1 aromatic heterocycles. The fraction of sp³-hybridized carbons (Fsp3) is 0.263. The van der Waals surface area contributed by atoms with Crippen LogP contribution >= 0.6 is 11.8 Å². The van der Waals surface area contributed by atoms with Gasteiger partial charge in [0.25, 0.3) is 0 Å². The molecule has 0 fully saturated rings. The fourth-order valence-electron chi connectivity index (χ4n) is 2.56. The summed E-state index contributed by atoms with van der Waals surface area (Å²) in [7, 11) is 0. The summed E-state index contributed by atoms with van der Waals surface area (Å²) in [5.74, 6) is 0.379. The van der Waals surface area contributed by atoms with Crippen molar-refractivity contribution >= 4 is 28.8 Å². The van der Waals surface area contributed by atoms with Crippen molar-refractivity contribution in [1.82, 2.24) is 9.55 Å². The predicted octanol–water partition coefficient (Wildman–Crippen LogP) is 2.52. The molecule has 25 heavy (non-hydrogen) atoms. The molecule has 1 heterocycles. The molecular formula is C19H19N2O3S-. The van der Waals surface area contributed by atoms with Gasteiger partial charge in [-0.15, -0.1) is 0 Å². The van der Waals surface area contributed by atoms with Crippen molar-refractivity contribution in [2.75, 3.05) is 12.4 Å². The number of hydrogen-bond acceptors (Lipinski definition) is 5. The van der Waals surface area contributed by atoms with Gasteiger partial charge in [0.05, 0.1) is 30.2 Å². The zero-order valence-electron chi connectivity index (χ0n) is 14.0. The molecular weight excluding hydrogens is 336 g/mol. The zero-order valence-corrected chi connectivity index (χ0v) is 14.8. The standard InChI is InChI=1S/C19H20N2O3S/c1-2-14-7-9-15(10-8-14)24-11-12-25-19-20-16-5-3-4-6-17(16)21(19)13-18(22)23/h3-10H,2,11-13H2,1H3,(H,22,23)/p-1. The summed E-state index contributed by atoms with van der Waals surface area (Å²) in [5.41, 5.74) is 2.85. The van der Waals surface area contributed by atoms with Crippen LogP contribution in [0.2, 0.25) is 0 Å². The van der Waals surface area contributed by atoms with Gasteiger partial charge in [-0.25, -0.2) is 4.98 Å². The summed E-state index contributed by atoms with van der Waals surface area (Å²) in [6.45, 7) is 2.43. The number of carboxylic acid groups (broad SMARTS) is 1. The van der Waals surface area contributed by atoms with E-state index in [-0.39, 0.29) is 6.54 Å². The minimum atomic E-state index is -1.13. The maximum absolute atomic E-state index is 11.0. The van der Waals surface area contributed by atoms with Crippen molar-refractivity contribution in [3.8, 4) is 5.75 Å². The smallest absolute Gasteiger partial charge is 0.169 e.